The van der Waals surface area contributed by atoms with Gasteiger partial charge in [-0.2, -0.15) is 0 Å². The van der Waals surface area contributed by atoms with Gasteiger partial charge in [0.25, 0.3) is 0 Å². The van der Waals surface area contributed by atoms with Crippen LogP contribution in [0.1, 0.15) is 37.7 Å². The van der Waals surface area contributed by atoms with Crippen LogP contribution in [0.4, 0.5) is 4.39 Å². The Morgan fingerprint density at radius 3 is 2.94 bits per heavy atom. The van der Waals surface area contributed by atoms with Gasteiger partial charge in [0.2, 0.25) is 0 Å². The molecular weight excluding hydrogens is 215 g/mol. The topological polar surface area (TPSA) is 9.23 Å². The number of rotatable bonds is 2. The average molecular weight is 234 g/mol. The highest BCUT2D eigenvalue weighted by Crippen LogP contribution is 2.21. The molecule has 0 heterocycles. The Hall–Kier alpha value is -1.31. The highest BCUT2D eigenvalue weighted by atomic mass is 19.1. The molecule has 0 aliphatic heterocycles. The molecule has 0 saturated carbocycles. The van der Waals surface area contributed by atoms with Gasteiger partial charge in [0.1, 0.15) is 17.7 Å². The third kappa shape index (κ3) is 3.58. The van der Waals surface area contributed by atoms with E-state index in [1.807, 2.05) is 6.07 Å². The van der Waals surface area contributed by atoms with E-state index < -0.39 is 0 Å². The molecule has 17 heavy (non-hydrogen) atoms. The van der Waals surface area contributed by atoms with Crippen LogP contribution in [0.25, 0.3) is 0 Å². The number of ether oxygens (including phenoxy) is 1. The smallest absolute Gasteiger partial charge is 0.129 e. The van der Waals surface area contributed by atoms with Gasteiger partial charge in [-0.15, -0.1) is 0 Å². The summed E-state index contributed by atoms with van der Waals surface area (Å²) in [5, 5.41) is 0. The van der Waals surface area contributed by atoms with Gasteiger partial charge in [-0.05, 0) is 50.3 Å². The molecule has 0 fully saturated rings. The summed E-state index contributed by atoms with van der Waals surface area (Å²) in [6, 6.07) is 5.07. The van der Waals surface area contributed by atoms with Gasteiger partial charge in [0, 0.05) is 6.07 Å². The molecule has 92 valence electrons. The molecule has 0 N–H and O–H groups in total. The number of aryl methyl sites for hydroxylation is 1. The van der Waals surface area contributed by atoms with Crippen LogP contribution < -0.4 is 4.74 Å². The quantitative estimate of drug-likeness (QED) is 0.689. The van der Waals surface area contributed by atoms with E-state index in [9.17, 15) is 4.39 Å². The van der Waals surface area contributed by atoms with Crippen molar-refractivity contribution >= 4 is 0 Å². The maximum absolute atomic E-state index is 13.4. The summed E-state index contributed by atoms with van der Waals surface area (Å²) in [4.78, 5) is 0. The van der Waals surface area contributed by atoms with Gasteiger partial charge in [0.15, 0.2) is 0 Å². The van der Waals surface area contributed by atoms with E-state index in [1.165, 1.54) is 25.3 Å². The second-order valence-electron chi connectivity index (χ2n) is 4.63. The van der Waals surface area contributed by atoms with Crippen LogP contribution >= 0.6 is 0 Å². The third-order valence-corrected chi connectivity index (χ3v) is 3.14. The van der Waals surface area contributed by atoms with Crippen LogP contribution in [0.3, 0.4) is 0 Å². The molecule has 0 aromatic heterocycles. The van der Waals surface area contributed by atoms with Crippen LogP contribution in [0.5, 0.6) is 5.75 Å². The van der Waals surface area contributed by atoms with Gasteiger partial charge in [-0.25, -0.2) is 4.39 Å². The number of halogens is 1. The molecule has 1 aromatic rings. The molecule has 0 radical (unpaired) electrons. The Morgan fingerprint density at radius 1 is 1.24 bits per heavy atom. The zero-order chi connectivity index (χ0) is 12.1. The molecule has 0 saturated heterocycles. The Morgan fingerprint density at radius 2 is 2.12 bits per heavy atom. The maximum atomic E-state index is 13.4. The lowest BCUT2D eigenvalue weighted by Crippen LogP contribution is -2.14. The number of hydrogen-bond donors (Lipinski definition) is 0. The largest absolute Gasteiger partial charge is 0.486 e. The molecule has 0 bridgehead atoms. The molecule has 0 amide bonds. The summed E-state index contributed by atoms with van der Waals surface area (Å²) in [7, 11) is 0. The number of allylic oxidation sites excluding steroid dienone is 1. The lowest BCUT2D eigenvalue weighted by molar-refractivity contribution is 0.230. The molecule has 0 spiro atoms. The van der Waals surface area contributed by atoms with Crippen LogP contribution in [0, 0.1) is 12.7 Å². The molecule has 2 heteroatoms. The average Bonchev–Trinajstić information content (AvgIpc) is 2.27. The number of hydrogen-bond acceptors (Lipinski definition) is 1. The fourth-order valence-corrected chi connectivity index (χ4v) is 2.05. The third-order valence-electron chi connectivity index (χ3n) is 3.14. The fourth-order valence-electron chi connectivity index (χ4n) is 2.05. The van der Waals surface area contributed by atoms with Crippen LogP contribution in [0.15, 0.2) is 30.4 Å². The van der Waals surface area contributed by atoms with Crippen molar-refractivity contribution in [3.63, 3.8) is 0 Å². The van der Waals surface area contributed by atoms with E-state index in [1.54, 1.807) is 13.0 Å². The fraction of sp³-hybridized carbons (Fsp3) is 0.467. The monoisotopic (exact) mass is 234 g/mol. The normalized spacial score (nSPS) is 22.6. The minimum Gasteiger partial charge on any atom is -0.486 e. The second kappa shape index (κ2) is 5.85. The second-order valence-corrected chi connectivity index (χ2v) is 4.63. The molecule has 1 nitrogen and oxygen atoms in total. The van der Waals surface area contributed by atoms with E-state index in [4.69, 9.17) is 4.74 Å². The predicted octanol–water partition coefficient (Wildman–Crippen LogP) is 4.40. The molecule has 1 atom stereocenters. The minimum absolute atomic E-state index is 0.0948. The van der Waals surface area contributed by atoms with Crippen molar-refractivity contribution in [1.29, 1.82) is 0 Å². The lowest BCUT2D eigenvalue weighted by Gasteiger charge is -2.17. The Kier molecular flexibility index (Phi) is 4.18. The summed E-state index contributed by atoms with van der Waals surface area (Å²) < 4.78 is 19.2. The first-order valence-electron chi connectivity index (χ1n) is 6.35. The first-order chi connectivity index (χ1) is 8.25. The Balaban J connectivity index is 2.03. The van der Waals surface area contributed by atoms with Crippen LogP contribution in [-0.2, 0) is 0 Å². The standard InChI is InChI=1S/C15H19FO/c1-12-9-10-14(11-15(12)16)17-13-7-5-3-2-4-6-8-13/h5,7,9-11,13H,2-4,6,8H2,1H3/b7-5+. The summed E-state index contributed by atoms with van der Waals surface area (Å²) in [6.45, 7) is 1.76. The molecule has 2 rings (SSSR count). The molecule has 1 aliphatic carbocycles. The van der Waals surface area contributed by atoms with Gasteiger partial charge in [-0.1, -0.05) is 18.6 Å². The SMILES string of the molecule is Cc1ccc(OC2/C=C/CCCCC2)cc1F. The van der Waals surface area contributed by atoms with E-state index in [0.717, 1.165) is 12.8 Å². The van der Waals surface area contributed by atoms with Gasteiger partial charge in [-0.3, -0.25) is 0 Å². The van der Waals surface area contributed by atoms with Crippen LogP contribution in [0.2, 0.25) is 0 Å². The zero-order valence-corrected chi connectivity index (χ0v) is 10.3. The van der Waals surface area contributed by atoms with Crippen molar-refractivity contribution in [2.75, 3.05) is 0 Å². The highest BCUT2D eigenvalue weighted by Gasteiger charge is 2.09. The van der Waals surface area contributed by atoms with Gasteiger partial charge < -0.3 is 4.74 Å². The minimum atomic E-state index is -0.197. The molecule has 1 aliphatic rings. The summed E-state index contributed by atoms with van der Waals surface area (Å²) in [6.07, 6.45) is 10.2. The van der Waals surface area contributed by atoms with E-state index >= 15 is 0 Å². The summed E-state index contributed by atoms with van der Waals surface area (Å²) >= 11 is 0. The van der Waals surface area contributed by atoms with E-state index in [0.29, 0.717) is 11.3 Å². The van der Waals surface area contributed by atoms with Gasteiger partial charge >= 0.3 is 0 Å². The first kappa shape index (κ1) is 12.2. The number of benzene rings is 1. The molecule has 1 unspecified atom stereocenters. The predicted molar refractivity (Wildman–Crippen MR) is 67.8 cm³/mol. The molecule has 1 aromatic carbocycles. The van der Waals surface area contributed by atoms with E-state index in [-0.39, 0.29) is 11.9 Å². The van der Waals surface area contributed by atoms with Crippen LogP contribution in [-0.4, -0.2) is 6.10 Å². The zero-order valence-electron chi connectivity index (χ0n) is 10.3. The maximum Gasteiger partial charge on any atom is 0.129 e. The molecular formula is C15H19FO. The van der Waals surface area contributed by atoms with Crippen molar-refractivity contribution in [2.45, 2.75) is 45.1 Å². The van der Waals surface area contributed by atoms with Crippen molar-refractivity contribution in [1.82, 2.24) is 0 Å². The Bertz CT molecular complexity index is 398. The highest BCUT2D eigenvalue weighted by molar-refractivity contribution is 5.28. The van der Waals surface area contributed by atoms with Crippen molar-refractivity contribution in [3.8, 4) is 5.75 Å². The van der Waals surface area contributed by atoms with Crippen molar-refractivity contribution in [3.05, 3.63) is 41.7 Å². The summed E-state index contributed by atoms with van der Waals surface area (Å²) in [5.41, 5.74) is 0.658. The van der Waals surface area contributed by atoms with E-state index in [2.05, 4.69) is 12.2 Å². The lowest BCUT2D eigenvalue weighted by atomic mass is 10.0. The Labute approximate surface area is 102 Å². The van der Waals surface area contributed by atoms with Crippen molar-refractivity contribution in [2.24, 2.45) is 0 Å². The van der Waals surface area contributed by atoms with Gasteiger partial charge in [0.05, 0.1) is 0 Å². The first-order valence-corrected chi connectivity index (χ1v) is 6.35. The summed E-state index contributed by atoms with van der Waals surface area (Å²) in [5.74, 6) is 0.431. The van der Waals surface area contributed by atoms with Crippen molar-refractivity contribution < 1.29 is 9.13 Å².